The van der Waals surface area contributed by atoms with Crippen molar-refractivity contribution in [2.24, 2.45) is 0 Å². The summed E-state index contributed by atoms with van der Waals surface area (Å²) in [6, 6.07) is 14.3. The first kappa shape index (κ1) is 14.2. The molecule has 0 radical (unpaired) electrons. The summed E-state index contributed by atoms with van der Waals surface area (Å²) in [4.78, 5) is 1.16. The van der Waals surface area contributed by atoms with Crippen molar-refractivity contribution in [1.82, 2.24) is 0 Å². The van der Waals surface area contributed by atoms with Gasteiger partial charge in [0, 0.05) is 20.7 Å². The van der Waals surface area contributed by atoms with E-state index < -0.39 is 0 Å². The van der Waals surface area contributed by atoms with Crippen LogP contribution in [0.4, 0.5) is 5.69 Å². The molecular formula is C17H16ClNOS. The highest BCUT2D eigenvalue weighted by molar-refractivity contribution is 7.19. The van der Waals surface area contributed by atoms with Crippen molar-refractivity contribution in [2.45, 2.75) is 13.5 Å². The van der Waals surface area contributed by atoms with Crippen molar-refractivity contribution in [3.05, 3.63) is 57.9 Å². The number of halogens is 1. The van der Waals surface area contributed by atoms with E-state index in [4.69, 9.17) is 16.3 Å². The second-order valence-electron chi connectivity index (χ2n) is 4.87. The SMILES string of the molecule is COc1ccc(NCc2sc3ccccc3c2Cl)c(C)c1. The third-order valence-corrected chi connectivity index (χ3v) is 5.19. The lowest BCUT2D eigenvalue weighted by atomic mass is 10.2. The number of methoxy groups -OCH3 is 1. The van der Waals surface area contributed by atoms with Crippen molar-refractivity contribution in [2.75, 3.05) is 12.4 Å². The number of aryl methyl sites for hydroxylation is 1. The van der Waals surface area contributed by atoms with Crippen molar-refractivity contribution in [3.8, 4) is 5.75 Å². The van der Waals surface area contributed by atoms with E-state index in [0.717, 1.165) is 38.8 Å². The Labute approximate surface area is 133 Å². The molecule has 0 atom stereocenters. The van der Waals surface area contributed by atoms with Gasteiger partial charge in [0.1, 0.15) is 5.75 Å². The third-order valence-electron chi connectivity index (χ3n) is 3.47. The van der Waals surface area contributed by atoms with Gasteiger partial charge in [-0.1, -0.05) is 29.8 Å². The molecule has 0 saturated carbocycles. The Hall–Kier alpha value is -1.71. The van der Waals surface area contributed by atoms with Crippen molar-refractivity contribution < 1.29 is 4.74 Å². The van der Waals surface area contributed by atoms with Gasteiger partial charge in [-0.2, -0.15) is 0 Å². The number of benzene rings is 2. The first-order valence-electron chi connectivity index (χ1n) is 6.73. The molecule has 1 aromatic heterocycles. The Morgan fingerprint density at radius 2 is 2.00 bits per heavy atom. The molecule has 2 aromatic carbocycles. The molecule has 1 N–H and O–H groups in total. The lowest BCUT2D eigenvalue weighted by Crippen LogP contribution is -2.00. The average molecular weight is 318 g/mol. The summed E-state index contributed by atoms with van der Waals surface area (Å²) >= 11 is 8.20. The van der Waals surface area contributed by atoms with Crippen molar-refractivity contribution in [1.29, 1.82) is 0 Å². The van der Waals surface area contributed by atoms with Crippen LogP contribution in [0.1, 0.15) is 10.4 Å². The van der Waals surface area contributed by atoms with Gasteiger partial charge in [0.15, 0.2) is 0 Å². The van der Waals surface area contributed by atoms with Gasteiger partial charge in [0.25, 0.3) is 0 Å². The van der Waals surface area contributed by atoms with Gasteiger partial charge >= 0.3 is 0 Å². The summed E-state index contributed by atoms with van der Waals surface area (Å²) < 4.78 is 6.45. The quantitative estimate of drug-likeness (QED) is 0.687. The number of rotatable bonds is 4. The van der Waals surface area contributed by atoms with E-state index in [1.165, 1.54) is 4.70 Å². The predicted molar refractivity (Wildman–Crippen MR) is 91.9 cm³/mol. The van der Waals surface area contributed by atoms with Crippen molar-refractivity contribution >= 4 is 38.7 Å². The lowest BCUT2D eigenvalue weighted by molar-refractivity contribution is 0.414. The fourth-order valence-electron chi connectivity index (χ4n) is 2.32. The highest BCUT2D eigenvalue weighted by Gasteiger charge is 2.10. The first-order chi connectivity index (χ1) is 10.2. The van der Waals surface area contributed by atoms with Crippen LogP contribution in [-0.2, 0) is 6.54 Å². The zero-order valence-electron chi connectivity index (χ0n) is 11.9. The summed E-state index contributed by atoms with van der Waals surface area (Å²) in [5, 5.41) is 5.44. The van der Waals surface area contributed by atoms with Gasteiger partial charge in [-0.25, -0.2) is 0 Å². The van der Waals surface area contributed by atoms with E-state index in [1.54, 1.807) is 18.4 Å². The minimum absolute atomic E-state index is 0.728. The predicted octanol–water partition coefficient (Wildman–Crippen LogP) is 5.48. The summed E-state index contributed by atoms with van der Waals surface area (Å²) in [5.74, 6) is 0.873. The third kappa shape index (κ3) is 2.85. The number of ether oxygens (including phenoxy) is 1. The maximum Gasteiger partial charge on any atom is 0.119 e. The topological polar surface area (TPSA) is 21.3 Å². The zero-order valence-corrected chi connectivity index (χ0v) is 13.5. The molecule has 0 bridgehead atoms. The van der Waals surface area contributed by atoms with E-state index in [2.05, 4.69) is 24.4 Å². The van der Waals surface area contributed by atoms with Gasteiger partial charge < -0.3 is 10.1 Å². The molecule has 0 saturated heterocycles. The highest BCUT2D eigenvalue weighted by atomic mass is 35.5. The number of thiophene rings is 1. The van der Waals surface area contributed by atoms with Crippen LogP contribution in [0.25, 0.3) is 10.1 Å². The van der Waals surface area contributed by atoms with Crippen LogP contribution < -0.4 is 10.1 Å². The van der Waals surface area contributed by atoms with Crippen LogP contribution in [0, 0.1) is 6.92 Å². The number of anilines is 1. The summed E-state index contributed by atoms with van der Waals surface area (Å²) in [5.41, 5.74) is 2.26. The van der Waals surface area contributed by atoms with Crippen LogP contribution in [-0.4, -0.2) is 7.11 Å². The van der Waals surface area contributed by atoms with E-state index >= 15 is 0 Å². The minimum Gasteiger partial charge on any atom is -0.497 e. The normalized spacial score (nSPS) is 10.8. The Kier molecular flexibility index (Phi) is 4.04. The standard InChI is InChI=1S/C17H16ClNOS/c1-11-9-12(20-2)7-8-14(11)19-10-16-17(18)13-5-3-4-6-15(13)21-16/h3-9,19H,10H2,1-2H3. The second-order valence-corrected chi connectivity index (χ2v) is 6.38. The van der Waals surface area contributed by atoms with Gasteiger partial charge in [0.05, 0.1) is 18.7 Å². The molecule has 108 valence electrons. The smallest absolute Gasteiger partial charge is 0.119 e. The van der Waals surface area contributed by atoms with E-state index in [0.29, 0.717) is 0 Å². The number of nitrogens with one attached hydrogen (secondary N) is 1. The summed E-state index contributed by atoms with van der Waals surface area (Å²) in [6.07, 6.45) is 0. The molecule has 1 heterocycles. The molecule has 0 amide bonds. The Balaban J connectivity index is 1.82. The number of hydrogen-bond acceptors (Lipinski definition) is 3. The Morgan fingerprint density at radius 3 is 2.71 bits per heavy atom. The maximum absolute atomic E-state index is 6.46. The molecule has 0 spiro atoms. The molecule has 0 aliphatic rings. The molecular weight excluding hydrogens is 302 g/mol. The summed E-state index contributed by atoms with van der Waals surface area (Å²) in [7, 11) is 1.68. The van der Waals surface area contributed by atoms with E-state index in [-0.39, 0.29) is 0 Å². The molecule has 3 rings (SSSR count). The zero-order chi connectivity index (χ0) is 14.8. The van der Waals surface area contributed by atoms with E-state index in [1.807, 2.05) is 30.3 Å². The second kappa shape index (κ2) is 5.96. The van der Waals surface area contributed by atoms with Gasteiger partial charge in [-0.15, -0.1) is 11.3 Å². The molecule has 4 heteroatoms. The monoisotopic (exact) mass is 317 g/mol. The van der Waals surface area contributed by atoms with Crippen molar-refractivity contribution in [3.63, 3.8) is 0 Å². The van der Waals surface area contributed by atoms with Gasteiger partial charge in [-0.3, -0.25) is 0 Å². The van der Waals surface area contributed by atoms with Crippen LogP contribution >= 0.6 is 22.9 Å². The van der Waals surface area contributed by atoms with Crippen LogP contribution in [0.2, 0.25) is 5.02 Å². The van der Waals surface area contributed by atoms with E-state index in [9.17, 15) is 0 Å². The largest absolute Gasteiger partial charge is 0.497 e. The number of hydrogen-bond donors (Lipinski definition) is 1. The Morgan fingerprint density at radius 1 is 1.19 bits per heavy atom. The lowest BCUT2D eigenvalue weighted by Gasteiger charge is -2.10. The summed E-state index contributed by atoms with van der Waals surface area (Å²) in [6.45, 7) is 2.79. The molecule has 0 fully saturated rings. The maximum atomic E-state index is 6.46. The fraction of sp³-hybridized carbons (Fsp3) is 0.176. The highest BCUT2D eigenvalue weighted by Crippen LogP contribution is 2.35. The van der Waals surface area contributed by atoms with Crippen LogP contribution in [0.3, 0.4) is 0 Å². The molecule has 0 aliphatic heterocycles. The molecule has 3 aromatic rings. The van der Waals surface area contributed by atoms with Crippen LogP contribution in [0.5, 0.6) is 5.75 Å². The molecule has 0 aliphatic carbocycles. The number of fused-ring (bicyclic) bond motifs is 1. The molecule has 2 nitrogen and oxygen atoms in total. The minimum atomic E-state index is 0.728. The fourth-order valence-corrected chi connectivity index (χ4v) is 3.75. The van der Waals surface area contributed by atoms with Gasteiger partial charge in [-0.05, 0) is 36.8 Å². The first-order valence-corrected chi connectivity index (χ1v) is 7.93. The molecule has 0 unspecified atom stereocenters. The Bertz CT molecular complexity index is 782. The van der Waals surface area contributed by atoms with Gasteiger partial charge in [0.2, 0.25) is 0 Å². The van der Waals surface area contributed by atoms with Crippen LogP contribution in [0.15, 0.2) is 42.5 Å². The molecule has 21 heavy (non-hydrogen) atoms. The average Bonchev–Trinajstić information content (AvgIpc) is 2.83.